The van der Waals surface area contributed by atoms with Crippen LogP contribution in [0.1, 0.15) is 56.3 Å². The minimum Gasteiger partial charge on any atom is -0.480 e. The maximum Gasteiger partial charge on any atom is 0.295 e. The molecule has 12 heteroatoms. The van der Waals surface area contributed by atoms with E-state index < -0.39 is 9.84 Å². The second kappa shape index (κ2) is 10.1. The number of ether oxygens (including phenoxy) is 1. The molecule has 3 heterocycles. The van der Waals surface area contributed by atoms with E-state index in [1.807, 2.05) is 13.8 Å². The van der Waals surface area contributed by atoms with Crippen molar-refractivity contribution in [3.63, 3.8) is 0 Å². The molecule has 0 amide bonds. The molecule has 0 unspecified atom stereocenters. The SMILES string of the molecule is CC[C@@H](C)n1c(=O)c(NCc2ccc(S(C)(=O)=O)cc2)nc2cnc(-c3c(OC)ncnc3C3CC3)nc21. The van der Waals surface area contributed by atoms with Gasteiger partial charge in [-0.1, -0.05) is 19.1 Å². The molecule has 0 spiro atoms. The van der Waals surface area contributed by atoms with Gasteiger partial charge in [-0.05, 0) is 43.9 Å². The summed E-state index contributed by atoms with van der Waals surface area (Å²) in [6, 6.07) is 6.36. The minimum absolute atomic E-state index is 0.151. The summed E-state index contributed by atoms with van der Waals surface area (Å²) in [5, 5.41) is 3.11. The zero-order valence-electron chi connectivity index (χ0n) is 21.7. The van der Waals surface area contributed by atoms with Crippen LogP contribution >= 0.6 is 0 Å². The quantitative estimate of drug-likeness (QED) is 0.338. The van der Waals surface area contributed by atoms with Crippen molar-refractivity contribution < 1.29 is 13.2 Å². The lowest BCUT2D eigenvalue weighted by Gasteiger charge is -2.18. The molecule has 1 aliphatic rings. The van der Waals surface area contributed by atoms with E-state index in [-0.39, 0.29) is 22.3 Å². The summed E-state index contributed by atoms with van der Waals surface area (Å²) < 4.78 is 30.6. The summed E-state index contributed by atoms with van der Waals surface area (Å²) in [5.41, 5.74) is 2.88. The minimum atomic E-state index is -3.28. The van der Waals surface area contributed by atoms with Gasteiger partial charge >= 0.3 is 0 Å². The average molecular weight is 536 g/mol. The Hall–Kier alpha value is -3.93. The third kappa shape index (κ3) is 4.95. The van der Waals surface area contributed by atoms with Gasteiger partial charge in [-0.3, -0.25) is 9.36 Å². The van der Waals surface area contributed by atoms with Crippen LogP contribution in [-0.2, 0) is 16.4 Å². The molecule has 1 N–H and O–H groups in total. The molecule has 5 rings (SSSR count). The summed E-state index contributed by atoms with van der Waals surface area (Å²) in [6.07, 6.45) is 7.02. The first-order valence-corrected chi connectivity index (χ1v) is 14.3. The summed E-state index contributed by atoms with van der Waals surface area (Å²) in [6.45, 7) is 4.25. The number of hydrogen-bond acceptors (Lipinski definition) is 10. The van der Waals surface area contributed by atoms with E-state index in [0.717, 1.165) is 30.4 Å². The van der Waals surface area contributed by atoms with Gasteiger partial charge in [0, 0.05) is 24.8 Å². The van der Waals surface area contributed by atoms with Crippen LogP contribution in [0.3, 0.4) is 0 Å². The third-order valence-corrected chi connectivity index (χ3v) is 7.83. The van der Waals surface area contributed by atoms with Crippen molar-refractivity contribution >= 4 is 26.8 Å². The van der Waals surface area contributed by atoms with E-state index in [4.69, 9.17) is 9.72 Å². The van der Waals surface area contributed by atoms with Crippen LogP contribution in [0.25, 0.3) is 22.6 Å². The molecular formula is C26H29N7O4S. The Morgan fingerprint density at radius 1 is 1.13 bits per heavy atom. The molecule has 1 aromatic carbocycles. The summed E-state index contributed by atoms with van der Waals surface area (Å²) in [4.78, 5) is 36.5. The highest BCUT2D eigenvalue weighted by molar-refractivity contribution is 7.90. The Morgan fingerprint density at radius 2 is 1.87 bits per heavy atom. The standard InChI is InChI=1S/C26H29N7O4S/c1-5-15(2)33-24-19(13-28-22(32-24)20-21(17-8-9-17)29-14-30-25(20)37-3)31-23(26(33)34)27-12-16-6-10-18(11-7-16)38(4,35)36/h6-7,10-11,13-15,17H,5,8-9,12H2,1-4H3,(H,27,31)/t15-/m1/s1. The van der Waals surface area contributed by atoms with Gasteiger partial charge in [0.2, 0.25) is 5.88 Å². The van der Waals surface area contributed by atoms with Gasteiger partial charge in [-0.15, -0.1) is 0 Å². The number of rotatable bonds is 9. The molecular weight excluding hydrogens is 506 g/mol. The first kappa shape index (κ1) is 25.7. The fraction of sp³-hybridized carbons (Fsp3) is 0.385. The van der Waals surface area contributed by atoms with Crippen molar-refractivity contribution in [1.29, 1.82) is 0 Å². The number of aromatic nitrogens is 6. The van der Waals surface area contributed by atoms with Crippen molar-refractivity contribution in [2.24, 2.45) is 0 Å². The number of anilines is 1. The van der Waals surface area contributed by atoms with Gasteiger partial charge in [-0.2, -0.15) is 0 Å². The van der Waals surface area contributed by atoms with E-state index in [1.54, 1.807) is 42.1 Å². The van der Waals surface area contributed by atoms with Gasteiger partial charge in [0.05, 0.1) is 23.9 Å². The fourth-order valence-corrected chi connectivity index (χ4v) is 4.91. The molecule has 1 atom stereocenters. The first-order valence-electron chi connectivity index (χ1n) is 12.4. The predicted octanol–water partition coefficient (Wildman–Crippen LogP) is 3.52. The molecule has 1 aliphatic carbocycles. The second-order valence-electron chi connectivity index (χ2n) is 9.48. The van der Waals surface area contributed by atoms with Crippen molar-refractivity contribution in [2.75, 3.05) is 18.7 Å². The predicted molar refractivity (Wildman–Crippen MR) is 143 cm³/mol. The van der Waals surface area contributed by atoms with Crippen LogP contribution in [0, 0.1) is 0 Å². The van der Waals surface area contributed by atoms with Crippen molar-refractivity contribution in [3.05, 3.63) is 58.4 Å². The zero-order chi connectivity index (χ0) is 27.0. The summed E-state index contributed by atoms with van der Waals surface area (Å²) in [5.74, 6) is 1.27. The Morgan fingerprint density at radius 3 is 2.50 bits per heavy atom. The number of benzene rings is 1. The van der Waals surface area contributed by atoms with Crippen LogP contribution in [-0.4, -0.2) is 51.3 Å². The molecule has 1 fully saturated rings. The van der Waals surface area contributed by atoms with Crippen molar-refractivity contribution in [1.82, 2.24) is 29.5 Å². The fourth-order valence-electron chi connectivity index (χ4n) is 4.28. The molecule has 38 heavy (non-hydrogen) atoms. The van der Waals surface area contributed by atoms with Crippen molar-refractivity contribution in [2.45, 2.75) is 56.5 Å². The number of nitrogens with one attached hydrogen (secondary N) is 1. The molecule has 0 radical (unpaired) electrons. The lowest BCUT2D eigenvalue weighted by molar-refractivity contribution is 0.397. The second-order valence-corrected chi connectivity index (χ2v) is 11.5. The van der Waals surface area contributed by atoms with Crippen LogP contribution in [0.2, 0.25) is 0 Å². The lowest BCUT2D eigenvalue weighted by Crippen LogP contribution is -2.28. The topological polar surface area (TPSA) is 142 Å². The Kier molecular flexibility index (Phi) is 6.82. The van der Waals surface area contributed by atoms with Gasteiger partial charge in [0.1, 0.15) is 17.4 Å². The normalized spacial score (nSPS) is 14.4. The zero-order valence-corrected chi connectivity index (χ0v) is 22.5. The van der Waals surface area contributed by atoms with Crippen LogP contribution in [0.15, 0.2) is 46.5 Å². The Labute approximate surface area is 220 Å². The number of hydrogen-bond donors (Lipinski definition) is 1. The Bertz CT molecular complexity index is 1670. The lowest BCUT2D eigenvalue weighted by atomic mass is 10.1. The van der Waals surface area contributed by atoms with Gasteiger partial charge in [0.15, 0.2) is 27.1 Å². The maximum atomic E-state index is 13.6. The molecule has 0 bridgehead atoms. The number of nitrogens with zero attached hydrogens (tertiary/aromatic N) is 6. The molecule has 0 saturated heterocycles. The first-order chi connectivity index (χ1) is 18.2. The summed E-state index contributed by atoms with van der Waals surface area (Å²) in [7, 11) is -1.74. The monoisotopic (exact) mass is 535 g/mol. The molecule has 3 aromatic heterocycles. The molecule has 11 nitrogen and oxygen atoms in total. The molecule has 4 aromatic rings. The third-order valence-electron chi connectivity index (χ3n) is 6.70. The summed E-state index contributed by atoms with van der Waals surface area (Å²) >= 11 is 0. The largest absolute Gasteiger partial charge is 0.480 e. The van der Waals surface area contributed by atoms with E-state index in [0.29, 0.717) is 47.3 Å². The number of fused-ring (bicyclic) bond motifs is 1. The van der Waals surface area contributed by atoms with Gasteiger partial charge < -0.3 is 10.1 Å². The number of sulfone groups is 1. The van der Waals surface area contributed by atoms with E-state index in [1.165, 1.54) is 6.33 Å². The van der Waals surface area contributed by atoms with E-state index in [2.05, 4.69) is 25.3 Å². The highest BCUT2D eigenvalue weighted by Crippen LogP contribution is 2.44. The molecule has 198 valence electrons. The maximum absolute atomic E-state index is 13.6. The Balaban J connectivity index is 1.56. The van der Waals surface area contributed by atoms with Gasteiger partial charge in [-0.25, -0.2) is 33.3 Å². The smallest absolute Gasteiger partial charge is 0.295 e. The van der Waals surface area contributed by atoms with Gasteiger partial charge in [0.25, 0.3) is 5.56 Å². The van der Waals surface area contributed by atoms with Crippen molar-refractivity contribution in [3.8, 4) is 17.3 Å². The molecule has 0 aliphatic heterocycles. The van der Waals surface area contributed by atoms with Crippen LogP contribution in [0.5, 0.6) is 5.88 Å². The van der Waals surface area contributed by atoms with E-state index in [9.17, 15) is 13.2 Å². The molecule has 1 saturated carbocycles. The van der Waals surface area contributed by atoms with E-state index >= 15 is 0 Å². The highest BCUT2D eigenvalue weighted by atomic mass is 32.2. The number of methoxy groups -OCH3 is 1. The van der Waals surface area contributed by atoms with Crippen LogP contribution < -0.4 is 15.6 Å². The average Bonchev–Trinajstić information content (AvgIpc) is 3.76. The highest BCUT2D eigenvalue weighted by Gasteiger charge is 2.31. The van der Waals surface area contributed by atoms with Crippen LogP contribution in [0.4, 0.5) is 5.82 Å².